The molecule has 0 N–H and O–H groups in total. The topological polar surface area (TPSA) is 56.0 Å². The van der Waals surface area contributed by atoms with Gasteiger partial charge >= 0.3 is 0 Å². The highest BCUT2D eigenvalue weighted by atomic mass is 15.4. The van der Waals surface area contributed by atoms with Crippen LogP contribution in [0, 0.1) is 20.8 Å². The highest BCUT2D eigenvalue weighted by Crippen LogP contribution is 2.24. The molecule has 0 atom stereocenters. The molecule has 8 nitrogen and oxygen atoms in total. The van der Waals surface area contributed by atoms with Crippen molar-refractivity contribution in [1.82, 2.24) is 29.4 Å². The fourth-order valence-corrected chi connectivity index (χ4v) is 4.76. The Balaban J connectivity index is 1.29. The van der Waals surface area contributed by atoms with Crippen molar-refractivity contribution in [3.8, 4) is 0 Å². The first-order valence-corrected chi connectivity index (χ1v) is 11.7. The van der Waals surface area contributed by atoms with E-state index < -0.39 is 0 Å². The van der Waals surface area contributed by atoms with Gasteiger partial charge < -0.3 is 14.7 Å². The number of likely N-dealkylation sites (N-methyl/N-ethyl adjacent to an activating group) is 1. The van der Waals surface area contributed by atoms with Crippen LogP contribution in [0.1, 0.15) is 22.6 Å². The van der Waals surface area contributed by atoms with E-state index in [-0.39, 0.29) is 0 Å². The van der Waals surface area contributed by atoms with Crippen LogP contribution in [0.3, 0.4) is 0 Å². The Morgan fingerprint density at radius 1 is 0.844 bits per heavy atom. The minimum absolute atomic E-state index is 0.711. The Kier molecular flexibility index (Phi) is 5.73. The average molecular weight is 435 g/mol. The second-order valence-corrected chi connectivity index (χ2v) is 9.27. The van der Waals surface area contributed by atoms with Gasteiger partial charge in [-0.15, -0.1) is 5.10 Å². The molecule has 3 aromatic rings. The summed E-state index contributed by atoms with van der Waals surface area (Å²) in [6.07, 6.45) is 0. The fraction of sp³-hybridized carbons (Fsp3) is 0.542. The van der Waals surface area contributed by atoms with Crippen molar-refractivity contribution in [2.75, 3.05) is 69.2 Å². The van der Waals surface area contributed by atoms with Crippen LogP contribution in [-0.2, 0) is 6.54 Å². The van der Waals surface area contributed by atoms with Crippen LogP contribution < -0.4 is 9.80 Å². The Morgan fingerprint density at radius 3 is 2.31 bits per heavy atom. The van der Waals surface area contributed by atoms with Gasteiger partial charge in [0.05, 0.1) is 6.54 Å². The lowest BCUT2D eigenvalue weighted by Crippen LogP contribution is -2.46. The van der Waals surface area contributed by atoms with Crippen molar-refractivity contribution in [3.05, 3.63) is 46.9 Å². The molecule has 0 bridgehead atoms. The van der Waals surface area contributed by atoms with E-state index in [4.69, 9.17) is 10.1 Å². The third-order valence-electron chi connectivity index (χ3n) is 6.95. The number of fused-ring (bicyclic) bond motifs is 1. The molecular formula is C24H34N8. The molecule has 0 amide bonds. The standard InChI is InChI=1S/C24H34N8/c1-18-6-5-7-21(20(18)3)30-14-10-29(11-15-30)17-22-26-24-25-19(2)16-23(32(24)27-22)31-12-8-28(4)9-13-31/h5-7,16H,8-15,17H2,1-4H3. The summed E-state index contributed by atoms with van der Waals surface area (Å²) in [5.41, 5.74) is 5.11. The van der Waals surface area contributed by atoms with Crippen LogP contribution in [-0.4, -0.2) is 88.8 Å². The van der Waals surface area contributed by atoms with E-state index in [2.05, 4.69) is 69.7 Å². The summed E-state index contributed by atoms with van der Waals surface area (Å²) in [6.45, 7) is 15.5. The predicted molar refractivity (Wildman–Crippen MR) is 129 cm³/mol. The summed E-state index contributed by atoms with van der Waals surface area (Å²) < 4.78 is 1.94. The maximum atomic E-state index is 4.88. The maximum Gasteiger partial charge on any atom is 0.254 e. The van der Waals surface area contributed by atoms with E-state index in [0.717, 1.165) is 76.2 Å². The molecule has 2 aliphatic rings. The van der Waals surface area contributed by atoms with Crippen LogP contribution in [0.15, 0.2) is 24.3 Å². The molecule has 0 aliphatic carbocycles. The molecule has 2 saturated heterocycles. The lowest BCUT2D eigenvalue weighted by molar-refractivity contribution is 0.244. The number of piperazine rings is 2. The zero-order valence-corrected chi connectivity index (χ0v) is 19.8. The Morgan fingerprint density at radius 2 is 1.56 bits per heavy atom. The highest BCUT2D eigenvalue weighted by molar-refractivity contribution is 5.56. The van der Waals surface area contributed by atoms with Gasteiger partial charge in [0, 0.05) is 69.8 Å². The maximum absolute atomic E-state index is 4.88. The number of anilines is 2. The summed E-state index contributed by atoms with van der Waals surface area (Å²) >= 11 is 0. The molecule has 5 rings (SSSR count). The van der Waals surface area contributed by atoms with Crippen molar-refractivity contribution in [2.24, 2.45) is 0 Å². The Bertz CT molecular complexity index is 1090. The zero-order valence-electron chi connectivity index (χ0n) is 19.8. The molecule has 4 heterocycles. The monoisotopic (exact) mass is 434 g/mol. The predicted octanol–water partition coefficient (Wildman–Crippen LogP) is 2.12. The second-order valence-electron chi connectivity index (χ2n) is 9.27. The summed E-state index contributed by atoms with van der Waals surface area (Å²) in [6, 6.07) is 8.74. The van der Waals surface area contributed by atoms with Crippen LogP contribution in [0.5, 0.6) is 0 Å². The van der Waals surface area contributed by atoms with Gasteiger partial charge in [0.25, 0.3) is 5.78 Å². The fourth-order valence-electron chi connectivity index (χ4n) is 4.76. The van der Waals surface area contributed by atoms with Crippen molar-refractivity contribution in [3.63, 3.8) is 0 Å². The van der Waals surface area contributed by atoms with Crippen molar-refractivity contribution in [2.45, 2.75) is 27.3 Å². The number of hydrogen-bond acceptors (Lipinski definition) is 7. The summed E-state index contributed by atoms with van der Waals surface area (Å²) in [7, 11) is 2.18. The van der Waals surface area contributed by atoms with Crippen LogP contribution in [0.2, 0.25) is 0 Å². The van der Waals surface area contributed by atoms with E-state index in [1.165, 1.54) is 16.8 Å². The molecule has 32 heavy (non-hydrogen) atoms. The Hall–Kier alpha value is -2.71. The average Bonchev–Trinajstić information content (AvgIpc) is 3.18. The molecule has 8 heteroatoms. The van der Waals surface area contributed by atoms with Gasteiger partial charge in [-0.2, -0.15) is 9.50 Å². The Labute approximate surface area is 190 Å². The summed E-state index contributed by atoms with van der Waals surface area (Å²) in [5.74, 6) is 2.68. The largest absolute Gasteiger partial charge is 0.369 e. The molecular weight excluding hydrogens is 400 g/mol. The quantitative estimate of drug-likeness (QED) is 0.623. The van der Waals surface area contributed by atoms with E-state index in [1.54, 1.807) is 0 Å². The molecule has 2 fully saturated rings. The van der Waals surface area contributed by atoms with Crippen LogP contribution in [0.25, 0.3) is 5.78 Å². The number of aromatic nitrogens is 4. The van der Waals surface area contributed by atoms with Gasteiger partial charge in [0.15, 0.2) is 5.82 Å². The van der Waals surface area contributed by atoms with Crippen LogP contribution >= 0.6 is 0 Å². The SMILES string of the molecule is Cc1cc(N2CCN(C)CC2)n2nc(CN3CCN(c4cccc(C)c4C)CC3)nc2n1. The van der Waals surface area contributed by atoms with Crippen LogP contribution in [0.4, 0.5) is 11.5 Å². The lowest BCUT2D eigenvalue weighted by atomic mass is 10.1. The second kappa shape index (κ2) is 8.67. The van der Waals surface area contributed by atoms with E-state index in [1.807, 2.05) is 11.4 Å². The number of rotatable bonds is 4. The molecule has 2 aromatic heterocycles. The van der Waals surface area contributed by atoms with E-state index >= 15 is 0 Å². The van der Waals surface area contributed by atoms with Gasteiger partial charge in [-0.05, 0) is 45.0 Å². The number of hydrogen-bond donors (Lipinski definition) is 0. The zero-order chi connectivity index (χ0) is 22.2. The molecule has 1 aromatic carbocycles. The summed E-state index contributed by atoms with van der Waals surface area (Å²) in [4.78, 5) is 19.2. The highest BCUT2D eigenvalue weighted by Gasteiger charge is 2.22. The minimum Gasteiger partial charge on any atom is -0.369 e. The van der Waals surface area contributed by atoms with E-state index in [0.29, 0.717) is 5.78 Å². The van der Waals surface area contributed by atoms with Gasteiger partial charge in [-0.1, -0.05) is 12.1 Å². The first-order valence-electron chi connectivity index (χ1n) is 11.7. The third kappa shape index (κ3) is 4.17. The lowest BCUT2D eigenvalue weighted by Gasteiger charge is -2.36. The molecule has 0 saturated carbocycles. The number of benzene rings is 1. The van der Waals surface area contributed by atoms with Gasteiger partial charge in [-0.3, -0.25) is 4.90 Å². The molecule has 2 aliphatic heterocycles. The van der Waals surface area contributed by atoms with E-state index in [9.17, 15) is 0 Å². The molecule has 0 spiro atoms. The normalized spacial score (nSPS) is 18.6. The van der Waals surface area contributed by atoms with Gasteiger partial charge in [0.1, 0.15) is 5.82 Å². The van der Waals surface area contributed by atoms with Gasteiger partial charge in [-0.25, -0.2) is 4.98 Å². The van der Waals surface area contributed by atoms with Gasteiger partial charge in [0.2, 0.25) is 0 Å². The molecule has 170 valence electrons. The minimum atomic E-state index is 0.711. The van der Waals surface area contributed by atoms with Crippen molar-refractivity contribution < 1.29 is 0 Å². The smallest absolute Gasteiger partial charge is 0.254 e. The molecule has 0 radical (unpaired) electrons. The van der Waals surface area contributed by atoms with Crippen molar-refractivity contribution in [1.29, 1.82) is 0 Å². The number of aryl methyl sites for hydroxylation is 2. The number of nitrogens with zero attached hydrogens (tertiary/aromatic N) is 8. The summed E-state index contributed by atoms with van der Waals surface area (Å²) in [5, 5.41) is 4.88. The first kappa shape index (κ1) is 21.2. The first-order chi connectivity index (χ1) is 15.5. The third-order valence-corrected chi connectivity index (χ3v) is 6.95. The molecule has 0 unspecified atom stereocenters. The van der Waals surface area contributed by atoms with Crippen molar-refractivity contribution >= 4 is 17.3 Å².